The fourth-order valence-corrected chi connectivity index (χ4v) is 4.66. The molecule has 2 aromatic carbocycles. The van der Waals surface area contributed by atoms with Crippen LogP contribution in [0.25, 0.3) is 22.0 Å². The van der Waals surface area contributed by atoms with Gasteiger partial charge in [0.25, 0.3) is 5.56 Å². The lowest BCUT2D eigenvalue weighted by atomic mass is 9.80. The lowest BCUT2D eigenvalue weighted by Crippen LogP contribution is -2.42. The molecule has 0 saturated carbocycles. The molecule has 0 atom stereocenters. The predicted octanol–water partition coefficient (Wildman–Crippen LogP) is 4.76. The zero-order valence-electron chi connectivity index (χ0n) is 17.4. The van der Waals surface area contributed by atoms with Crippen molar-refractivity contribution in [3.8, 4) is 6.07 Å². The number of rotatable bonds is 2. The zero-order valence-corrected chi connectivity index (χ0v) is 18.1. The number of aryl methyl sites for hydroxylation is 1. The third kappa shape index (κ3) is 3.08. The predicted molar refractivity (Wildman–Crippen MR) is 122 cm³/mol. The number of nitriles is 1. The van der Waals surface area contributed by atoms with Crippen molar-refractivity contribution in [2.75, 3.05) is 18.0 Å². The van der Waals surface area contributed by atoms with Crippen LogP contribution in [0.5, 0.6) is 0 Å². The molecule has 0 spiro atoms. The summed E-state index contributed by atoms with van der Waals surface area (Å²) in [4.78, 5) is 19.7. The van der Waals surface area contributed by atoms with Gasteiger partial charge in [0, 0.05) is 36.0 Å². The van der Waals surface area contributed by atoms with E-state index in [2.05, 4.69) is 17.9 Å². The number of hydrogen-bond donors (Lipinski definition) is 0. The van der Waals surface area contributed by atoms with E-state index in [0.717, 1.165) is 40.7 Å². The van der Waals surface area contributed by atoms with Gasteiger partial charge in [0.2, 0.25) is 5.89 Å². The molecule has 156 valence electrons. The fourth-order valence-electron chi connectivity index (χ4n) is 4.49. The maximum atomic E-state index is 12.9. The SMILES string of the molecule is Cn1c(=O)c(C#N)c(N2CCC(C)(c3nc4ccccc4o3)CC2)c2ccc(Cl)cc21. The molecule has 3 heterocycles. The number of hydrogen-bond acceptors (Lipinski definition) is 5. The minimum atomic E-state index is -0.306. The van der Waals surface area contributed by atoms with Gasteiger partial charge in [-0.25, -0.2) is 4.98 Å². The van der Waals surface area contributed by atoms with Crippen LogP contribution in [0.4, 0.5) is 5.69 Å². The Morgan fingerprint density at radius 1 is 1.19 bits per heavy atom. The third-order valence-corrected chi connectivity index (χ3v) is 6.67. The Morgan fingerprint density at radius 2 is 1.94 bits per heavy atom. The van der Waals surface area contributed by atoms with Gasteiger partial charge in [-0.15, -0.1) is 0 Å². The summed E-state index contributed by atoms with van der Waals surface area (Å²) in [6.07, 6.45) is 1.60. The van der Waals surface area contributed by atoms with Gasteiger partial charge in [0.15, 0.2) is 5.58 Å². The number of aromatic nitrogens is 2. The summed E-state index contributed by atoms with van der Waals surface area (Å²) in [5, 5.41) is 11.2. The lowest BCUT2D eigenvalue weighted by molar-refractivity contribution is 0.292. The van der Waals surface area contributed by atoms with Gasteiger partial charge in [0.1, 0.15) is 17.1 Å². The van der Waals surface area contributed by atoms with Crippen LogP contribution in [0, 0.1) is 11.3 Å². The van der Waals surface area contributed by atoms with E-state index in [4.69, 9.17) is 21.0 Å². The molecule has 2 aromatic heterocycles. The van der Waals surface area contributed by atoms with E-state index in [0.29, 0.717) is 23.8 Å². The van der Waals surface area contributed by atoms with Gasteiger partial charge < -0.3 is 13.9 Å². The summed E-state index contributed by atoms with van der Waals surface area (Å²) in [5.74, 6) is 0.745. The average Bonchev–Trinajstić information content (AvgIpc) is 3.22. The van der Waals surface area contributed by atoms with Crippen molar-refractivity contribution in [2.24, 2.45) is 7.05 Å². The molecule has 1 saturated heterocycles. The van der Waals surface area contributed by atoms with Gasteiger partial charge >= 0.3 is 0 Å². The van der Waals surface area contributed by atoms with Gasteiger partial charge in [-0.2, -0.15) is 5.26 Å². The van der Waals surface area contributed by atoms with Gasteiger partial charge in [-0.05, 0) is 43.2 Å². The largest absolute Gasteiger partial charge is 0.440 e. The highest BCUT2D eigenvalue weighted by Crippen LogP contribution is 2.39. The van der Waals surface area contributed by atoms with E-state index >= 15 is 0 Å². The topological polar surface area (TPSA) is 75.1 Å². The number of nitrogens with zero attached hydrogens (tertiary/aromatic N) is 4. The van der Waals surface area contributed by atoms with Crippen LogP contribution in [0.2, 0.25) is 5.02 Å². The smallest absolute Gasteiger partial charge is 0.270 e. The Kier molecular flexibility index (Phi) is 4.53. The van der Waals surface area contributed by atoms with E-state index in [1.165, 1.54) is 4.57 Å². The highest BCUT2D eigenvalue weighted by molar-refractivity contribution is 6.31. The number of halogens is 1. The first-order valence-corrected chi connectivity index (χ1v) is 10.6. The van der Waals surface area contributed by atoms with Gasteiger partial charge in [-0.3, -0.25) is 4.79 Å². The van der Waals surface area contributed by atoms with Crippen molar-refractivity contribution in [1.82, 2.24) is 9.55 Å². The third-order valence-electron chi connectivity index (χ3n) is 6.44. The standard InChI is InChI=1S/C24H21ClN4O2/c1-24(23-27-18-5-3-4-6-20(18)31-23)9-11-29(12-10-24)21-16-8-7-15(25)13-19(16)28(2)22(30)17(21)14-26/h3-8,13H,9-12H2,1-2H3. The second-order valence-corrected chi connectivity index (χ2v) is 8.83. The molecule has 6 nitrogen and oxygen atoms in total. The molecule has 1 aliphatic rings. The molecule has 5 rings (SSSR count). The van der Waals surface area contributed by atoms with Crippen LogP contribution in [-0.2, 0) is 12.5 Å². The van der Waals surface area contributed by atoms with Crippen LogP contribution in [0.15, 0.2) is 51.7 Å². The Labute approximate surface area is 184 Å². The van der Waals surface area contributed by atoms with Crippen molar-refractivity contribution in [3.63, 3.8) is 0 Å². The molecular weight excluding hydrogens is 412 g/mol. The number of para-hydroxylation sites is 2. The average molecular weight is 433 g/mol. The first-order valence-electron chi connectivity index (χ1n) is 10.2. The Morgan fingerprint density at radius 3 is 2.65 bits per heavy atom. The van der Waals surface area contributed by atoms with Crippen LogP contribution >= 0.6 is 11.6 Å². The molecule has 0 unspecified atom stereocenters. The molecule has 1 aliphatic heterocycles. The van der Waals surface area contributed by atoms with Crippen LogP contribution in [0.3, 0.4) is 0 Å². The highest BCUT2D eigenvalue weighted by atomic mass is 35.5. The maximum absolute atomic E-state index is 12.9. The number of fused-ring (bicyclic) bond motifs is 2. The molecule has 0 bridgehead atoms. The van der Waals surface area contributed by atoms with Crippen LogP contribution < -0.4 is 10.5 Å². The molecular formula is C24H21ClN4O2. The molecule has 31 heavy (non-hydrogen) atoms. The first-order chi connectivity index (χ1) is 14.9. The molecule has 0 amide bonds. The monoisotopic (exact) mass is 432 g/mol. The molecule has 0 N–H and O–H groups in total. The highest BCUT2D eigenvalue weighted by Gasteiger charge is 2.37. The van der Waals surface area contributed by atoms with E-state index < -0.39 is 0 Å². The summed E-state index contributed by atoms with van der Waals surface area (Å²) in [6.45, 7) is 3.55. The van der Waals surface area contributed by atoms with Crippen molar-refractivity contribution in [3.05, 3.63) is 69.3 Å². The van der Waals surface area contributed by atoms with E-state index in [9.17, 15) is 10.1 Å². The molecule has 1 fully saturated rings. The van der Waals surface area contributed by atoms with E-state index in [1.807, 2.05) is 30.3 Å². The summed E-state index contributed by atoms with van der Waals surface area (Å²) >= 11 is 6.18. The Bertz CT molecular complexity index is 1390. The summed E-state index contributed by atoms with van der Waals surface area (Å²) in [5.41, 5.74) is 2.73. The molecule has 4 aromatic rings. The molecule has 0 aliphatic carbocycles. The minimum Gasteiger partial charge on any atom is -0.440 e. The van der Waals surface area contributed by atoms with Crippen molar-refractivity contribution >= 4 is 39.3 Å². The maximum Gasteiger partial charge on any atom is 0.270 e. The Balaban J connectivity index is 1.54. The summed E-state index contributed by atoms with van der Waals surface area (Å²) < 4.78 is 7.56. The minimum absolute atomic E-state index is 0.169. The summed E-state index contributed by atoms with van der Waals surface area (Å²) in [6, 6.07) is 15.4. The van der Waals surface area contributed by atoms with Gasteiger partial charge in [-0.1, -0.05) is 30.7 Å². The van der Waals surface area contributed by atoms with Crippen molar-refractivity contribution in [1.29, 1.82) is 5.26 Å². The quantitative estimate of drug-likeness (QED) is 0.456. The van der Waals surface area contributed by atoms with Crippen LogP contribution in [-0.4, -0.2) is 22.6 Å². The number of anilines is 1. The number of benzene rings is 2. The second kappa shape index (κ2) is 7.14. The van der Waals surface area contributed by atoms with Crippen molar-refractivity contribution < 1.29 is 4.42 Å². The Hall–Kier alpha value is -3.30. The molecule has 0 radical (unpaired) electrons. The van der Waals surface area contributed by atoms with Crippen LogP contribution in [0.1, 0.15) is 31.2 Å². The van der Waals surface area contributed by atoms with Crippen molar-refractivity contribution in [2.45, 2.75) is 25.2 Å². The summed E-state index contributed by atoms with van der Waals surface area (Å²) in [7, 11) is 1.67. The number of piperidine rings is 1. The number of pyridine rings is 1. The normalized spacial score (nSPS) is 16.0. The van der Waals surface area contributed by atoms with E-state index in [1.54, 1.807) is 19.2 Å². The molecule has 7 heteroatoms. The lowest BCUT2D eigenvalue weighted by Gasteiger charge is -2.39. The second-order valence-electron chi connectivity index (χ2n) is 8.40. The van der Waals surface area contributed by atoms with Gasteiger partial charge in [0.05, 0.1) is 11.2 Å². The first kappa shape index (κ1) is 19.7. The fraction of sp³-hybridized carbons (Fsp3) is 0.292. The number of oxazole rings is 1. The zero-order chi connectivity index (χ0) is 21.8. The van der Waals surface area contributed by atoms with E-state index in [-0.39, 0.29) is 16.5 Å².